The highest BCUT2D eigenvalue weighted by Crippen LogP contribution is 2.38. The number of carbonyl (C=O) groups excluding carboxylic acids is 2. The van der Waals surface area contributed by atoms with E-state index in [0.29, 0.717) is 30.0 Å². The van der Waals surface area contributed by atoms with Gasteiger partial charge in [-0.25, -0.2) is 14.0 Å². The lowest BCUT2D eigenvalue weighted by Crippen LogP contribution is -2.29. The van der Waals surface area contributed by atoms with Crippen LogP contribution in [-0.2, 0) is 25.6 Å². The third kappa shape index (κ3) is 6.25. The Morgan fingerprint density at radius 3 is 1.91 bits per heavy atom. The molecule has 1 aliphatic rings. The zero-order valence-corrected chi connectivity index (χ0v) is 19.8. The summed E-state index contributed by atoms with van der Waals surface area (Å²) in [5, 5.41) is 0. The number of esters is 2. The SMILES string of the molecule is CCCOc1ccc(C2C(C(=O)OCC)=CN(Cc3ccc(F)cc3)C=C2C(=O)OCC)cc1. The lowest BCUT2D eigenvalue weighted by molar-refractivity contribution is -0.139. The zero-order chi connectivity index (χ0) is 24.5. The Hall–Kier alpha value is -3.61. The van der Waals surface area contributed by atoms with Gasteiger partial charge in [-0.05, 0) is 55.7 Å². The molecule has 7 heteroatoms. The van der Waals surface area contributed by atoms with Gasteiger partial charge < -0.3 is 19.1 Å². The highest BCUT2D eigenvalue weighted by Gasteiger charge is 2.35. The van der Waals surface area contributed by atoms with Gasteiger partial charge in [0.1, 0.15) is 11.6 Å². The average molecular weight is 468 g/mol. The molecule has 6 nitrogen and oxygen atoms in total. The molecule has 0 atom stereocenters. The van der Waals surface area contributed by atoms with Gasteiger partial charge in [0.25, 0.3) is 0 Å². The summed E-state index contributed by atoms with van der Waals surface area (Å²) in [5.41, 5.74) is 2.19. The van der Waals surface area contributed by atoms with E-state index in [1.165, 1.54) is 12.1 Å². The standard InChI is InChI=1S/C27H30FNO5/c1-4-15-34-22-13-9-20(10-14-22)25-23(26(30)32-5-2)17-29(18-24(25)27(31)33-6-3)16-19-7-11-21(28)12-8-19/h7-14,17-18,25H,4-6,15-16H2,1-3H3. The summed E-state index contributed by atoms with van der Waals surface area (Å²) in [6.45, 7) is 6.82. The molecule has 0 aliphatic carbocycles. The summed E-state index contributed by atoms with van der Waals surface area (Å²) in [7, 11) is 0. The summed E-state index contributed by atoms with van der Waals surface area (Å²) in [5.74, 6) is -1.32. The molecular formula is C27H30FNO5. The van der Waals surface area contributed by atoms with E-state index in [2.05, 4.69) is 0 Å². The van der Waals surface area contributed by atoms with Gasteiger partial charge in [0.2, 0.25) is 0 Å². The predicted octanol–water partition coefficient (Wildman–Crippen LogP) is 5.11. The van der Waals surface area contributed by atoms with Gasteiger partial charge in [-0.2, -0.15) is 0 Å². The van der Waals surface area contributed by atoms with E-state index in [-0.39, 0.29) is 19.0 Å². The molecule has 0 saturated carbocycles. The minimum absolute atomic E-state index is 0.198. The van der Waals surface area contributed by atoms with Crippen LogP contribution in [0.4, 0.5) is 4.39 Å². The Kier molecular flexibility index (Phi) is 8.85. The van der Waals surface area contributed by atoms with E-state index in [0.717, 1.165) is 17.5 Å². The molecule has 0 spiro atoms. The van der Waals surface area contributed by atoms with Crippen molar-refractivity contribution < 1.29 is 28.2 Å². The molecule has 0 saturated heterocycles. The van der Waals surface area contributed by atoms with Gasteiger partial charge in [0.15, 0.2) is 0 Å². The lowest BCUT2D eigenvalue weighted by Gasteiger charge is -2.30. The Bertz CT molecular complexity index is 1010. The average Bonchev–Trinajstić information content (AvgIpc) is 2.84. The number of ether oxygens (including phenoxy) is 3. The maximum absolute atomic E-state index is 13.3. The molecule has 0 bridgehead atoms. The maximum Gasteiger partial charge on any atom is 0.336 e. The van der Waals surface area contributed by atoms with E-state index in [1.54, 1.807) is 43.3 Å². The Labute approximate surface area is 199 Å². The number of rotatable bonds is 10. The Balaban J connectivity index is 2.02. The van der Waals surface area contributed by atoms with Gasteiger partial charge >= 0.3 is 11.9 Å². The normalized spacial score (nSPS) is 13.7. The van der Waals surface area contributed by atoms with Crippen molar-refractivity contribution in [3.63, 3.8) is 0 Å². The summed E-state index contributed by atoms with van der Waals surface area (Å²) >= 11 is 0. The fourth-order valence-electron chi connectivity index (χ4n) is 3.71. The fourth-order valence-corrected chi connectivity index (χ4v) is 3.71. The second kappa shape index (κ2) is 12.0. The van der Waals surface area contributed by atoms with Crippen molar-refractivity contribution in [2.75, 3.05) is 19.8 Å². The van der Waals surface area contributed by atoms with Crippen molar-refractivity contribution >= 4 is 11.9 Å². The molecule has 2 aromatic rings. The highest BCUT2D eigenvalue weighted by molar-refractivity contribution is 5.98. The van der Waals surface area contributed by atoms with E-state index < -0.39 is 17.9 Å². The summed E-state index contributed by atoms with van der Waals surface area (Å²) in [4.78, 5) is 27.7. The fraction of sp³-hybridized carbons (Fsp3) is 0.333. The Morgan fingerprint density at radius 2 is 1.41 bits per heavy atom. The first kappa shape index (κ1) is 25.0. The topological polar surface area (TPSA) is 65.1 Å². The lowest BCUT2D eigenvalue weighted by atomic mass is 9.83. The van der Waals surface area contributed by atoms with Crippen LogP contribution in [0.25, 0.3) is 0 Å². The van der Waals surface area contributed by atoms with Crippen LogP contribution in [0.5, 0.6) is 5.75 Å². The number of hydrogen-bond acceptors (Lipinski definition) is 6. The summed E-state index contributed by atoms with van der Waals surface area (Å²) in [6, 6.07) is 13.4. The molecule has 34 heavy (non-hydrogen) atoms. The monoisotopic (exact) mass is 467 g/mol. The number of hydrogen-bond donors (Lipinski definition) is 0. The molecule has 0 unspecified atom stereocenters. The molecule has 3 rings (SSSR count). The van der Waals surface area contributed by atoms with Crippen LogP contribution in [0.15, 0.2) is 72.1 Å². The number of benzene rings is 2. The van der Waals surface area contributed by atoms with Crippen LogP contribution < -0.4 is 4.74 Å². The van der Waals surface area contributed by atoms with Crippen LogP contribution in [0.2, 0.25) is 0 Å². The van der Waals surface area contributed by atoms with Gasteiger partial charge in [-0.3, -0.25) is 0 Å². The number of carbonyl (C=O) groups is 2. The van der Waals surface area contributed by atoms with Crippen molar-refractivity contribution in [1.82, 2.24) is 4.90 Å². The molecule has 0 radical (unpaired) electrons. The van der Waals surface area contributed by atoms with Gasteiger partial charge in [-0.15, -0.1) is 0 Å². The van der Waals surface area contributed by atoms with E-state index in [1.807, 2.05) is 31.2 Å². The maximum atomic E-state index is 13.3. The van der Waals surface area contributed by atoms with Gasteiger partial charge in [0.05, 0.1) is 36.9 Å². The van der Waals surface area contributed by atoms with Crippen LogP contribution in [0.3, 0.4) is 0 Å². The first-order chi connectivity index (χ1) is 16.5. The van der Waals surface area contributed by atoms with Crippen molar-refractivity contribution in [2.24, 2.45) is 0 Å². The summed E-state index contributed by atoms with van der Waals surface area (Å²) in [6.07, 6.45) is 4.24. The van der Waals surface area contributed by atoms with Gasteiger partial charge in [0, 0.05) is 18.9 Å². The van der Waals surface area contributed by atoms with Gasteiger partial charge in [-0.1, -0.05) is 31.2 Å². The highest BCUT2D eigenvalue weighted by atomic mass is 19.1. The van der Waals surface area contributed by atoms with Crippen LogP contribution in [0.1, 0.15) is 44.2 Å². The van der Waals surface area contributed by atoms with E-state index >= 15 is 0 Å². The molecular weight excluding hydrogens is 437 g/mol. The van der Waals surface area contributed by atoms with Crippen molar-refractivity contribution in [3.05, 3.63) is 89.0 Å². The van der Waals surface area contributed by atoms with Crippen molar-refractivity contribution in [1.29, 1.82) is 0 Å². The molecule has 1 heterocycles. The minimum Gasteiger partial charge on any atom is -0.494 e. The first-order valence-electron chi connectivity index (χ1n) is 11.5. The molecule has 0 aromatic heterocycles. The van der Waals surface area contributed by atoms with E-state index in [4.69, 9.17) is 14.2 Å². The predicted molar refractivity (Wildman–Crippen MR) is 126 cm³/mol. The Morgan fingerprint density at radius 1 is 0.853 bits per heavy atom. The van der Waals surface area contributed by atoms with Crippen molar-refractivity contribution in [3.8, 4) is 5.75 Å². The largest absolute Gasteiger partial charge is 0.494 e. The molecule has 0 fully saturated rings. The molecule has 2 aromatic carbocycles. The van der Waals surface area contributed by atoms with Crippen LogP contribution in [-0.4, -0.2) is 36.7 Å². The minimum atomic E-state index is -0.664. The molecule has 0 N–H and O–H groups in total. The summed E-state index contributed by atoms with van der Waals surface area (Å²) < 4.78 is 29.7. The third-order valence-corrected chi connectivity index (χ3v) is 5.22. The van der Waals surface area contributed by atoms with Crippen molar-refractivity contribution in [2.45, 2.75) is 39.7 Å². The smallest absolute Gasteiger partial charge is 0.336 e. The quantitative estimate of drug-likeness (QED) is 0.453. The van der Waals surface area contributed by atoms with Crippen LogP contribution in [0, 0.1) is 5.82 Å². The number of nitrogens with zero attached hydrogens (tertiary/aromatic N) is 1. The number of halogens is 1. The third-order valence-electron chi connectivity index (χ3n) is 5.22. The zero-order valence-electron chi connectivity index (χ0n) is 19.8. The second-order valence-electron chi connectivity index (χ2n) is 7.76. The molecule has 0 amide bonds. The molecule has 180 valence electrons. The first-order valence-corrected chi connectivity index (χ1v) is 11.5. The second-order valence-corrected chi connectivity index (χ2v) is 7.76. The van der Waals surface area contributed by atoms with E-state index in [9.17, 15) is 14.0 Å². The molecule has 1 aliphatic heterocycles. The van der Waals surface area contributed by atoms with Crippen LogP contribution >= 0.6 is 0 Å².